The van der Waals surface area contributed by atoms with Crippen molar-refractivity contribution in [2.24, 2.45) is 16.6 Å². The van der Waals surface area contributed by atoms with Crippen LogP contribution in [0.1, 0.15) is 24.0 Å². The second-order valence-electron chi connectivity index (χ2n) is 8.12. The standard InChI is InChI=1S/C24H27N5O2/c1-16-5-2-6-17(13-16)14-29-12-4-8-19(15-29)23(25)28-24(31)26-20-9-3-7-18-10-11-21(30)27-22(18)20/h2-3,5-7,9-11,13,19H,4,8,12,14-15H2,1H3,(H,27,30)(H3,25,26,28,31). The van der Waals surface area contributed by atoms with E-state index in [-0.39, 0.29) is 11.5 Å². The number of hydrogen-bond donors (Lipinski definition) is 3. The molecule has 7 nitrogen and oxygen atoms in total. The molecule has 4 rings (SSSR count). The lowest BCUT2D eigenvalue weighted by Crippen LogP contribution is -2.41. The van der Waals surface area contributed by atoms with Gasteiger partial charge in [0, 0.05) is 30.5 Å². The first-order valence-corrected chi connectivity index (χ1v) is 10.5. The molecule has 160 valence electrons. The molecule has 1 aliphatic rings. The van der Waals surface area contributed by atoms with Crippen molar-refractivity contribution in [1.29, 1.82) is 0 Å². The molecule has 7 heteroatoms. The molecule has 0 bridgehead atoms. The molecule has 1 aliphatic heterocycles. The van der Waals surface area contributed by atoms with Crippen molar-refractivity contribution in [1.82, 2.24) is 9.88 Å². The largest absolute Gasteiger partial charge is 0.387 e. The Bertz CT molecular complexity index is 1180. The normalized spacial score (nSPS) is 17.6. The van der Waals surface area contributed by atoms with Gasteiger partial charge in [0.2, 0.25) is 5.56 Å². The number of aliphatic imine (C=N–C) groups is 1. The van der Waals surface area contributed by atoms with E-state index >= 15 is 0 Å². The molecule has 1 saturated heterocycles. The zero-order chi connectivity index (χ0) is 21.8. The van der Waals surface area contributed by atoms with Gasteiger partial charge in [-0.05, 0) is 44.0 Å². The summed E-state index contributed by atoms with van der Waals surface area (Å²) in [7, 11) is 0. The van der Waals surface area contributed by atoms with E-state index in [9.17, 15) is 9.59 Å². The summed E-state index contributed by atoms with van der Waals surface area (Å²) in [5.41, 5.74) is 9.59. The molecular formula is C24H27N5O2. The SMILES string of the molecule is Cc1cccc(CN2CCCC(/C(N)=N/C(=O)Nc3cccc4ccc(=O)[nH]c34)C2)c1. The molecule has 0 aliphatic carbocycles. The van der Waals surface area contributed by atoms with Crippen LogP contribution in [0.2, 0.25) is 0 Å². The predicted molar refractivity (Wildman–Crippen MR) is 124 cm³/mol. The van der Waals surface area contributed by atoms with Crippen LogP contribution in [0.4, 0.5) is 10.5 Å². The van der Waals surface area contributed by atoms with Gasteiger partial charge < -0.3 is 16.0 Å². The summed E-state index contributed by atoms with van der Waals surface area (Å²) in [6, 6.07) is 16.5. The number of piperidine rings is 1. The summed E-state index contributed by atoms with van der Waals surface area (Å²) >= 11 is 0. The molecule has 4 N–H and O–H groups in total. The van der Waals surface area contributed by atoms with Gasteiger partial charge in [0.05, 0.1) is 11.2 Å². The fraction of sp³-hybridized carbons (Fsp3) is 0.292. The highest BCUT2D eigenvalue weighted by Crippen LogP contribution is 2.21. The second-order valence-corrected chi connectivity index (χ2v) is 8.12. The number of amidine groups is 1. The van der Waals surface area contributed by atoms with Crippen LogP contribution in [0.3, 0.4) is 0 Å². The lowest BCUT2D eigenvalue weighted by Gasteiger charge is -2.32. The third kappa shape index (κ3) is 5.19. The number of carbonyl (C=O) groups excluding carboxylic acids is 1. The number of urea groups is 1. The van der Waals surface area contributed by atoms with E-state index < -0.39 is 6.03 Å². The Morgan fingerprint density at radius 2 is 2.06 bits per heavy atom. The third-order valence-electron chi connectivity index (χ3n) is 5.64. The maximum absolute atomic E-state index is 12.5. The van der Waals surface area contributed by atoms with Gasteiger partial charge in [0.15, 0.2) is 0 Å². The number of nitrogens with one attached hydrogen (secondary N) is 2. The van der Waals surface area contributed by atoms with Crippen molar-refractivity contribution in [2.75, 3.05) is 18.4 Å². The summed E-state index contributed by atoms with van der Waals surface area (Å²) in [4.78, 5) is 33.4. The molecule has 1 atom stereocenters. The van der Waals surface area contributed by atoms with Gasteiger partial charge >= 0.3 is 6.03 Å². The van der Waals surface area contributed by atoms with Gasteiger partial charge in [0.1, 0.15) is 5.84 Å². The third-order valence-corrected chi connectivity index (χ3v) is 5.64. The van der Waals surface area contributed by atoms with Crippen LogP contribution in [0.5, 0.6) is 0 Å². The number of aromatic nitrogens is 1. The maximum atomic E-state index is 12.5. The first-order chi connectivity index (χ1) is 15.0. The van der Waals surface area contributed by atoms with Crippen molar-refractivity contribution in [3.8, 4) is 0 Å². The maximum Gasteiger partial charge on any atom is 0.347 e. The lowest BCUT2D eigenvalue weighted by molar-refractivity contribution is 0.196. The highest BCUT2D eigenvalue weighted by molar-refractivity contribution is 6.04. The van der Waals surface area contributed by atoms with Crippen LogP contribution in [-0.4, -0.2) is 34.8 Å². The van der Waals surface area contributed by atoms with Crippen molar-refractivity contribution in [2.45, 2.75) is 26.3 Å². The fourth-order valence-corrected chi connectivity index (χ4v) is 4.14. The van der Waals surface area contributed by atoms with Gasteiger partial charge in [0.25, 0.3) is 0 Å². The minimum absolute atomic E-state index is 0.0385. The minimum Gasteiger partial charge on any atom is -0.387 e. The second kappa shape index (κ2) is 9.14. The minimum atomic E-state index is -0.537. The number of pyridine rings is 1. The van der Waals surface area contributed by atoms with Crippen LogP contribution in [0.25, 0.3) is 10.9 Å². The number of aromatic amines is 1. The molecule has 0 spiro atoms. The van der Waals surface area contributed by atoms with E-state index in [1.807, 2.05) is 12.1 Å². The van der Waals surface area contributed by atoms with Gasteiger partial charge in [-0.1, -0.05) is 42.0 Å². The lowest BCUT2D eigenvalue weighted by atomic mass is 9.96. The topological polar surface area (TPSA) is 104 Å². The number of hydrogen-bond acceptors (Lipinski definition) is 3. The molecule has 31 heavy (non-hydrogen) atoms. The van der Waals surface area contributed by atoms with E-state index in [1.165, 1.54) is 17.2 Å². The number of nitrogens with zero attached hydrogens (tertiary/aromatic N) is 2. The van der Waals surface area contributed by atoms with Crippen LogP contribution in [0, 0.1) is 12.8 Å². The van der Waals surface area contributed by atoms with Crippen molar-refractivity contribution >= 4 is 28.5 Å². The van der Waals surface area contributed by atoms with Gasteiger partial charge in [-0.2, -0.15) is 4.99 Å². The van der Waals surface area contributed by atoms with Crippen LogP contribution in [0.15, 0.2) is 64.4 Å². The number of nitrogens with two attached hydrogens (primary N) is 1. The monoisotopic (exact) mass is 417 g/mol. The molecule has 1 aromatic heterocycles. The number of likely N-dealkylation sites (tertiary alicyclic amines) is 1. The van der Waals surface area contributed by atoms with Crippen LogP contribution >= 0.6 is 0 Å². The quantitative estimate of drug-likeness (QED) is 0.445. The van der Waals surface area contributed by atoms with E-state index in [4.69, 9.17) is 5.73 Å². The zero-order valence-corrected chi connectivity index (χ0v) is 17.6. The van der Waals surface area contributed by atoms with E-state index in [0.717, 1.165) is 37.9 Å². The van der Waals surface area contributed by atoms with Crippen molar-refractivity contribution in [3.05, 3.63) is 76.1 Å². The number of aryl methyl sites for hydroxylation is 1. The Labute approximate surface area is 181 Å². The summed E-state index contributed by atoms with van der Waals surface area (Å²) in [6.07, 6.45) is 1.92. The van der Waals surface area contributed by atoms with E-state index in [2.05, 4.69) is 51.4 Å². The number of anilines is 1. The van der Waals surface area contributed by atoms with E-state index in [0.29, 0.717) is 17.0 Å². The predicted octanol–water partition coefficient (Wildman–Crippen LogP) is 3.64. The molecule has 1 fully saturated rings. The first kappa shape index (κ1) is 20.8. The molecule has 1 unspecified atom stereocenters. The van der Waals surface area contributed by atoms with Crippen LogP contribution in [-0.2, 0) is 6.54 Å². The number of H-pyrrole nitrogens is 1. The summed E-state index contributed by atoms with van der Waals surface area (Å²) in [5, 5.41) is 3.58. The number of rotatable bonds is 4. The Hall–Kier alpha value is -3.45. The van der Waals surface area contributed by atoms with Gasteiger partial charge in [-0.25, -0.2) is 4.79 Å². The van der Waals surface area contributed by atoms with Crippen molar-refractivity contribution < 1.29 is 4.79 Å². The Morgan fingerprint density at radius 1 is 1.23 bits per heavy atom. The molecule has 2 amide bonds. The zero-order valence-electron chi connectivity index (χ0n) is 17.6. The van der Waals surface area contributed by atoms with Crippen molar-refractivity contribution in [3.63, 3.8) is 0 Å². The molecule has 2 aromatic carbocycles. The average Bonchev–Trinajstić information content (AvgIpc) is 2.74. The number of carbonyl (C=O) groups is 1. The molecule has 3 aromatic rings. The Morgan fingerprint density at radius 3 is 2.90 bits per heavy atom. The summed E-state index contributed by atoms with van der Waals surface area (Å²) in [5.74, 6) is 0.386. The molecule has 2 heterocycles. The van der Waals surface area contributed by atoms with E-state index in [1.54, 1.807) is 12.1 Å². The number of fused-ring (bicyclic) bond motifs is 1. The highest BCUT2D eigenvalue weighted by atomic mass is 16.2. The molecule has 0 saturated carbocycles. The molecule has 0 radical (unpaired) electrons. The first-order valence-electron chi connectivity index (χ1n) is 10.5. The van der Waals surface area contributed by atoms with Crippen LogP contribution < -0.4 is 16.6 Å². The average molecular weight is 418 g/mol. The smallest absolute Gasteiger partial charge is 0.347 e. The highest BCUT2D eigenvalue weighted by Gasteiger charge is 2.23. The summed E-state index contributed by atoms with van der Waals surface area (Å²) in [6.45, 7) is 4.74. The Balaban J connectivity index is 1.43. The summed E-state index contributed by atoms with van der Waals surface area (Å²) < 4.78 is 0. The van der Waals surface area contributed by atoms with Gasteiger partial charge in [-0.15, -0.1) is 0 Å². The Kier molecular flexibility index (Phi) is 6.13. The number of para-hydroxylation sites is 1. The van der Waals surface area contributed by atoms with Gasteiger partial charge in [-0.3, -0.25) is 9.69 Å². The number of benzene rings is 2. The molecular weight excluding hydrogens is 390 g/mol. The number of amides is 2. The fourth-order valence-electron chi connectivity index (χ4n) is 4.14.